The number of hydrogen-bond acceptors (Lipinski definition) is 7. The smallest absolute Gasteiger partial charge is 0.330 e. The van der Waals surface area contributed by atoms with Crippen LogP contribution in [0.15, 0.2) is 42.5 Å². The first-order valence-electron chi connectivity index (χ1n) is 9.33. The van der Waals surface area contributed by atoms with Gasteiger partial charge in [-0.3, -0.25) is 10.2 Å². The summed E-state index contributed by atoms with van der Waals surface area (Å²) in [6, 6.07) is 10.3. The lowest BCUT2D eigenvalue weighted by molar-refractivity contribution is -0.138. The monoisotopic (exact) mass is 433 g/mol. The molecule has 2 aromatic rings. The quantitative estimate of drug-likeness (QED) is 0.242. The number of carboxylic acids is 2. The Morgan fingerprint density at radius 2 is 1.74 bits per heavy atom. The lowest BCUT2D eigenvalue weighted by atomic mass is 10.0. The first-order valence-corrected chi connectivity index (χ1v) is 9.33. The predicted molar refractivity (Wildman–Crippen MR) is 115 cm³/mol. The molecule has 168 valence electrons. The van der Waals surface area contributed by atoms with Gasteiger partial charge in [-0.1, -0.05) is 0 Å². The third kappa shape index (κ3) is 8.62. The molecule has 10 heteroatoms. The second-order valence-corrected chi connectivity index (χ2v) is 6.13. The normalized spacial score (nSPS) is 10.8. The van der Waals surface area contributed by atoms with Gasteiger partial charge in [0.25, 0.3) is 5.97 Å². The summed E-state index contributed by atoms with van der Waals surface area (Å²) in [5, 5.41) is 36.5. The van der Waals surface area contributed by atoms with Crippen molar-refractivity contribution in [2.75, 3.05) is 25.1 Å². The molecule has 0 amide bonds. The van der Waals surface area contributed by atoms with Crippen LogP contribution in [0.5, 0.6) is 11.5 Å². The molecule has 0 aromatic heterocycles. The van der Waals surface area contributed by atoms with E-state index in [0.29, 0.717) is 34.9 Å². The van der Waals surface area contributed by atoms with E-state index in [4.69, 9.17) is 35.6 Å². The predicted octanol–water partition coefficient (Wildman–Crippen LogP) is 2.07. The first-order chi connectivity index (χ1) is 14.7. The van der Waals surface area contributed by atoms with E-state index >= 15 is 0 Å². The molecule has 0 aliphatic rings. The lowest BCUT2D eigenvalue weighted by Gasteiger charge is -2.20. The van der Waals surface area contributed by atoms with Gasteiger partial charge in [0.1, 0.15) is 23.9 Å². The zero-order chi connectivity index (χ0) is 23.4. The summed E-state index contributed by atoms with van der Waals surface area (Å²) in [5.74, 6) is -1.15. The number of aliphatic carboxylic acids is 2. The van der Waals surface area contributed by atoms with Crippen molar-refractivity contribution in [3.05, 3.63) is 53.6 Å². The zero-order valence-electron chi connectivity index (χ0n) is 17.3. The molecule has 0 radical (unpaired) electrons. The van der Waals surface area contributed by atoms with Crippen molar-refractivity contribution in [3.8, 4) is 11.5 Å². The molecule has 0 aliphatic carbocycles. The molecule has 0 saturated heterocycles. The summed E-state index contributed by atoms with van der Waals surface area (Å²) in [6.45, 7) is 3.21. The molecule has 2 rings (SSSR count). The van der Waals surface area contributed by atoms with Crippen LogP contribution in [-0.4, -0.2) is 52.9 Å². The van der Waals surface area contributed by atoms with E-state index in [0.717, 1.165) is 6.92 Å². The Morgan fingerprint density at radius 1 is 1.13 bits per heavy atom. The molecule has 31 heavy (non-hydrogen) atoms. The van der Waals surface area contributed by atoms with Gasteiger partial charge in [-0.2, -0.15) is 0 Å². The SMILES string of the molecule is CC(=O)O.CCOc1ccc(OCCO)c(C(Nc2ccc(C(=N)N)cc2)C(=O)O)c1. The molecule has 1 atom stereocenters. The number of nitrogen functional groups attached to an aromatic ring is 1. The van der Waals surface area contributed by atoms with Crippen molar-refractivity contribution < 1.29 is 34.4 Å². The van der Waals surface area contributed by atoms with Crippen LogP contribution in [0.3, 0.4) is 0 Å². The number of amidine groups is 1. The van der Waals surface area contributed by atoms with Crippen molar-refractivity contribution in [1.82, 2.24) is 0 Å². The van der Waals surface area contributed by atoms with Crippen molar-refractivity contribution in [1.29, 1.82) is 5.41 Å². The van der Waals surface area contributed by atoms with Crippen LogP contribution in [0, 0.1) is 5.41 Å². The molecule has 0 heterocycles. The van der Waals surface area contributed by atoms with Gasteiger partial charge >= 0.3 is 5.97 Å². The van der Waals surface area contributed by atoms with Gasteiger partial charge in [0.2, 0.25) is 0 Å². The van der Waals surface area contributed by atoms with E-state index in [-0.39, 0.29) is 19.0 Å². The number of hydrogen-bond donors (Lipinski definition) is 6. The van der Waals surface area contributed by atoms with Crippen molar-refractivity contribution in [3.63, 3.8) is 0 Å². The number of benzene rings is 2. The van der Waals surface area contributed by atoms with Gasteiger partial charge in [0.15, 0.2) is 6.04 Å². The maximum Gasteiger partial charge on any atom is 0.330 e. The van der Waals surface area contributed by atoms with E-state index in [2.05, 4.69) is 5.32 Å². The van der Waals surface area contributed by atoms with Crippen LogP contribution in [0.25, 0.3) is 0 Å². The zero-order valence-corrected chi connectivity index (χ0v) is 17.3. The highest BCUT2D eigenvalue weighted by Gasteiger charge is 2.24. The summed E-state index contributed by atoms with van der Waals surface area (Å²) >= 11 is 0. The highest BCUT2D eigenvalue weighted by atomic mass is 16.5. The molecule has 1 unspecified atom stereocenters. The standard InChI is InChI=1S/C19H23N3O5.C2H4O2/c1-2-26-14-7-8-16(27-10-9-23)15(11-14)17(19(24)25)22-13-5-3-12(4-6-13)18(20)21;1-2(3)4/h3-8,11,17,22-23H,2,9-10H2,1H3,(H3,20,21)(H,24,25);1H3,(H,3,4). The van der Waals surface area contributed by atoms with E-state index < -0.39 is 18.0 Å². The van der Waals surface area contributed by atoms with Gasteiger partial charge in [0, 0.05) is 23.7 Å². The summed E-state index contributed by atoms with van der Waals surface area (Å²) in [4.78, 5) is 20.9. The number of ether oxygens (including phenoxy) is 2. The summed E-state index contributed by atoms with van der Waals surface area (Å²) < 4.78 is 11.0. The molecule has 10 nitrogen and oxygen atoms in total. The Kier molecular flexibility index (Phi) is 10.3. The van der Waals surface area contributed by atoms with Crippen LogP contribution < -0.4 is 20.5 Å². The van der Waals surface area contributed by atoms with Crippen LogP contribution in [0.4, 0.5) is 5.69 Å². The first kappa shape index (κ1) is 25.2. The number of carboxylic acid groups (broad SMARTS) is 2. The largest absolute Gasteiger partial charge is 0.494 e. The fourth-order valence-corrected chi connectivity index (χ4v) is 2.48. The number of aliphatic hydroxyl groups excluding tert-OH is 1. The highest BCUT2D eigenvalue weighted by molar-refractivity contribution is 5.95. The molecular weight excluding hydrogens is 406 g/mol. The lowest BCUT2D eigenvalue weighted by Crippen LogP contribution is -2.22. The van der Waals surface area contributed by atoms with Crippen LogP contribution in [-0.2, 0) is 9.59 Å². The third-order valence-electron chi connectivity index (χ3n) is 3.71. The van der Waals surface area contributed by atoms with E-state index in [1.54, 1.807) is 42.5 Å². The average molecular weight is 433 g/mol. The fraction of sp³-hybridized carbons (Fsp3) is 0.286. The van der Waals surface area contributed by atoms with Crippen LogP contribution in [0.1, 0.15) is 31.0 Å². The van der Waals surface area contributed by atoms with E-state index in [1.807, 2.05) is 6.92 Å². The van der Waals surface area contributed by atoms with Gasteiger partial charge < -0.3 is 35.8 Å². The van der Waals surface area contributed by atoms with Gasteiger partial charge in [-0.25, -0.2) is 4.79 Å². The van der Waals surface area contributed by atoms with Gasteiger partial charge in [0.05, 0.1) is 13.2 Å². The summed E-state index contributed by atoms with van der Waals surface area (Å²) in [5.41, 5.74) is 6.89. The van der Waals surface area contributed by atoms with Crippen molar-refractivity contribution in [2.24, 2.45) is 5.73 Å². The third-order valence-corrected chi connectivity index (χ3v) is 3.71. The highest BCUT2D eigenvalue weighted by Crippen LogP contribution is 2.32. The fourth-order valence-electron chi connectivity index (χ4n) is 2.48. The molecule has 0 bridgehead atoms. The Bertz CT molecular complexity index is 881. The Hall–Kier alpha value is -3.79. The molecule has 0 aliphatic heterocycles. The Morgan fingerprint density at radius 3 is 2.23 bits per heavy atom. The second kappa shape index (κ2) is 12.7. The Balaban J connectivity index is 0.00000110. The van der Waals surface area contributed by atoms with E-state index in [1.165, 1.54) is 0 Å². The van der Waals surface area contributed by atoms with Crippen molar-refractivity contribution >= 4 is 23.5 Å². The molecule has 7 N–H and O–H groups in total. The number of nitrogens with one attached hydrogen (secondary N) is 2. The Labute approximate surface area is 179 Å². The molecule has 0 saturated carbocycles. The second-order valence-electron chi connectivity index (χ2n) is 6.13. The average Bonchev–Trinajstić information content (AvgIpc) is 2.71. The summed E-state index contributed by atoms with van der Waals surface area (Å²) in [7, 11) is 0. The topological polar surface area (TPSA) is 175 Å². The molecule has 0 spiro atoms. The number of rotatable bonds is 10. The number of carbonyl (C=O) groups is 2. The molecule has 2 aromatic carbocycles. The van der Waals surface area contributed by atoms with Gasteiger partial charge in [-0.15, -0.1) is 0 Å². The summed E-state index contributed by atoms with van der Waals surface area (Å²) in [6.07, 6.45) is 0. The number of nitrogens with two attached hydrogens (primary N) is 1. The maximum absolute atomic E-state index is 11.9. The van der Waals surface area contributed by atoms with E-state index in [9.17, 15) is 9.90 Å². The van der Waals surface area contributed by atoms with Gasteiger partial charge in [-0.05, 0) is 49.4 Å². The molecular formula is C21H27N3O7. The minimum atomic E-state index is -1.11. The van der Waals surface area contributed by atoms with Crippen LogP contribution in [0.2, 0.25) is 0 Å². The maximum atomic E-state index is 11.9. The molecule has 0 fully saturated rings. The minimum absolute atomic E-state index is 0.0423. The van der Waals surface area contributed by atoms with Crippen LogP contribution >= 0.6 is 0 Å². The number of anilines is 1. The van der Waals surface area contributed by atoms with Crippen molar-refractivity contribution in [2.45, 2.75) is 19.9 Å². The number of aliphatic hydroxyl groups is 1. The minimum Gasteiger partial charge on any atom is -0.494 e.